The van der Waals surface area contributed by atoms with E-state index in [9.17, 15) is 9.59 Å². The molecule has 2 aromatic rings. The topological polar surface area (TPSA) is 54.4 Å². The summed E-state index contributed by atoms with van der Waals surface area (Å²) >= 11 is 0. The molecule has 0 fully saturated rings. The van der Waals surface area contributed by atoms with Gasteiger partial charge in [-0.3, -0.25) is 4.79 Å². The first-order valence-corrected chi connectivity index (χ1v) is 8.65. The summed E-state index contributed by atoms with van der Waals surface area (Å²) in [5.74, 6) is -1.02. The number of carboxylic acid groups (broad SMARTS) is 1. The van der Waals surface area contributed by atoms with E-state index in [2.05, 4.69) is 26.8 Å². The molecule has 0 heterocycles. The second-order valence-electron chi connectivity index (χ2n) is 7.36. The van der Waals surface area contributed by atoms with E-state index in [0.29, 0.717) is 5.56 Å². The highest BCUT2D eigenvalue weighted by atomic mass is 16.4. The Labute approximate surface area is 153 Å². The largest absolute Gasteiger partial charge is 0.478 e. The van der Waals surface area contributed by atoms with Crippen LogP contribution in [0.5, 0.6) is 0 Å². The number of ketones is 1. The van der Waals surface area contributed by atoms with Gasteiger partial charge in [-0.05, 0) is 65.3 Å². The van der Waals surface area contributed by atoms with Crippen molar-refractivity contribution in [3.8, 4) is 0 Å². The standard InChI is InChI=1S/C23H22O3/c1-15-12-13-23(2,3)20-14-18(9-10-19(15)20)21(24)11-6-16-4-7-17(8-5-16)22(25)26/h4-12,14H,13H2,1-3H3,(H,25,26). The maximum atomic E-state index is 12.6. The molecular weight excluding hydrogens is 324 g/mol. The zero-order chi connectivity index (χ0) is 18.9. The molecule has 0 saturated heterocycles. The first-order chi connectivity index (χ1) is 12.3. The average Bonchev–Trinajstić information content (AvgIpc) is 2.63. The van der Waals surface area contributed by atoms with Crippen LogP contribution in [0.1, 0.15) is 64.6 Å². The van der Waals surface area contributed by atoms with Crippen LogP contribution in [-0.2, 0) is 5.41 Å². The molecule has 0 saturated carbocycles. The zero-order valence-electron chi connectivity index (χ0n) is 15.2. The van der Waals surface area contributed by atoms with E-state index in [4.69, 9.17) is 5.11 Å². The Kier molecular flexibility index (Phi) is 4.64. The third-order valence-corrected chi connectivity index (χ3v) is 4.96. The van der Waals surface area contributed by atoms with Gasteiger partial charge in [-0.15, -0.1) is 0 Å². The molecule has 2 aromatic carbocycles. The maximum Gasteiger partial charge on any atom is 0.335 e. The van der Waals surface area contributed by atoms with Gasteiger partial charge in [0.2, 0.25) is 0 Å². The molecule has 132 valence electrons. The minimum Gasteiger partial charge on any atom is -0.478 e. The van der Waals surface area contributed by atoms with Crippen LogP contribution in [0, 0.1) is 0 Å². The molecule has 0 radical (unpaired) electrons. The lowest BCUT2D eigenvalue weighted by atomic mass is 9.73. The number of hydrogen-bond donors (Lipinski definition) is 1. The number of carboxylic acids is 1. The third kappa shape index (κ3) is 3.52. The van der Waals surface area contributed by atoms with Crippen molar-refractivity contribution in [2.24, 2.45) is 0 Å². The van der Waals surface area contributed by atoms with Crippen molar-refractivity contribution in [2.75, 3.05) is 0 Å². The van der Waals surface area contributed by atoms with Crippen LogP contribution in [0.25, 0.3) is 11.6 Å². The number of rotatable bonds is 4. The van der Waals surface area contributed by atoms with Crippen LogP contribution in [0.15, 0.2) is 54.6 Å². The average molecular weight is 346 g/mol. The van der Waals surface area contributed by atoms with Gasteiger partial charge in [0.1, 0.15) is 0 Å². The maximum absolute atomic E-state index is 12.6. The minimum absolute atomic E-state index is 0.0154. The van der Waals surface area contributed by atoms with Crippen molar-refractivity contribution < 1.29 is 14.7 Å². The Morgan fingerprint density at radius 1 is 1.04 bits per heavy atom. The SMILES string of the molecule is CC1=CCC(C)(C)c2cc(C(=O)C=Cc3ccc(C(=O)O)cc3)ccc21. The molecule has 26 heavy (non-hydrogen) atoms. The van der Waals surface area contributed by atoms with Crippen molar-refractivity contribution in [1.29, 1.82) is 0 Å². The van der Waals surface area contributed by atoms with E-state index in [1.807, 2.05) is 18.2 Å². The zero-order valence-corrected chi connectivity index (χ0v) is 15.2. The predicted octanol–water partition coefficient (Wildman–Crippen LogP) is 5.37. The molecular formula is C23H22O3. The summed E-state index contributed by atoms with van der Waals surface area (Å²) in [4.78, 5) is 23.5. The molecule has 3 nitrogen and oxygen atoms in total. The summed E-state index contributed by atoms with van der Waals surface area (Å²) in [5, 5.41) is 8.92. The van der Waals surface area contributed by atoms with Crippen LogP contribution < -0.4 is 0 Å². The second-order valence-corrected chi connectivity index (χ2v) is 7.36. The number of fused-ring (bicyclic) bond motifs is 1. The highest BCUT2D eigenvalue weighted by Gasteiger charge is 2.27. The Hall–Kier alpha value is -2.94. The van der Waals surface area contributed by atoms with Gasteiger partial charge in [0, 0.05) is 5.56 Å². The molecule has 1 aliphatic carbocycles. The molecule has 0 aliphatic heterocycles. The summed E-state index contributed by atoms with van der Waals surface area (Å²) < 4.78 is 0. The van der Waals surface area contributed by atoms with Gasteiger partial charge in [-0.1, -0.05) is 50.3 Å². The van der Waals surface area contributed by atoms with Crippen LogP contribution in [0.2, 0.25) is 0 Å². The number of benzene rings is 2. The minimum atomic E-state index is -0.961. The third-order valence-electron chi connectivity index (χ3n) is 4.96. The van der Waals surface area contributed by atoms with E-state index < -0.39 is 5.97 Å². The van der Waals surface area contributed by atoms with Gasteiger partial charge in [0.05, 0.1) is 5.56 Å². The number of aromatic carboxylic acids is 1. The molecule has 0 aromatic heterocycles. The first-order valence-electron chi connectivity index (χ1n) is 8.65. The lowest BCUT2D eigenvalue weighted by Crippen LogP contribution is -2.21. The van der Waals surface area contributed by atoms with Gasteiger partial charge < -0.3 is 5.11 Å². The fraction of sp³-hybridized carbons (Fsp3) is 0.217. The van der Waals surface area contributed by atoms with Crippen molar-refractivity contribution in [2.45, 2.75) is 32.6 Å². The van der Waals surface area contributed by atoms with Crippen molar-refractivity contribution in [3.63, 3.8) is 0 Å². The molecule has 3 rings (SSSR count). The number of carbonyl (C=O) groups is 2. The lowest BCUT2D eigenvalue weighted by molar-refractivity contribution is 0.0696. The van der Waals surface area contributed by atoms with Crippen LogP contribution in [-0.4, -0.2) is 16.9 Å². The Morgan fingerprint density at radius 2 is 1.69 bits per heavy atom. The second kappa shape index (κ2) is 6.75. The summed E-state index contributed by atoms with van der Waals surface area (Å²) in [6.07, 6.45) is 6.47. The molecule has 0 atom stereocenters. The van der Waals surface area contributed by atoms with E-state index in [-0.39, 0.29) is 16.8 Å². The molecule has 1 N–H and O–H groups in total. The van der Waals surface area contributed by atoms with Crippen molar-refractivity contribution >= 4 is 23.4 Å². The van der Waals surface area contributed by atoms with Gasteiger partial charge in [-0.25, -0.2) is 4.79 Å². The number of carbonyl (C=O) groups excluding carboxylic acids is 1. The normalized spacial score (nSPS) is 15.4. The monoisotopic (exact) mass is 346 g/mol. The molecule has 3 heteroatoms. The summed E-state index contributed by atoms with van der Waals surface area (Å²) in [7, 11) is 0. The highest BCUT2D eigenvalue weighted by Crippen LogP contribution is 2.39. The fourth-order valence-corrected chi connectivity index (χ4v) is 3.23. The molecule has 0 unspecified atom stereocenters. The number of allylic oxidation sites excluding steroid dienone is 3. The summed E-state index contributed by atoms with van der Waals surface area (Å²) in [6, 6.07) is 12.4. The Bertz CT molecular complexity index is 928. The molecule has 0 spiro atoms. The van der Waals surface area contributed by atoms with Crippen LogP contribution in [0.4, 0.5) is 0 Å². The summed E-state index contributed by atoms with van der Waals surface area (Å²) in [5.41, 5.74) is 5.39. The van der Waals surface area contributed by atoms with Crippen LogP contribution >= 0.6 is 0 Å². The van der Waals surface area contributed by atoms with E-state index in [1.165, 1.54) is 34.9 Å². The number of hydrogen-bond acceptors (Lipinski definition) is 2. The van der Waals surface area contributed by atoms with E-state index in [1.54, 1.807) is 18.2 Å². The smallest absolute Gasteiger partial charge is 0.335 e. The lowest BCUT2D eigenvalue weighted by Gasteiger charge is -2.31. The first kappa shape index (κ1) is 17.9. The Morgan fingerprint density at radius 3 is 2.35 bits per heavy atom. The van der Waals surface area contributed by atoms with Gasteiger partial charge in [-0.2, -0.15) is 0 Å². The van der Waals surface area contributed by atoms with Gasteiger partial charge >= 0.3 is 5.97 Å². The van der Waals surface area contributed by atoms with Crippen LogP contribution in [0.3, 0.4) is 0 Å². The summed E-state index contributed by atoms with van der Waals surface area (Å²) in [6.45, 7) is 6.50. The Balaban J connectivity index is 1.84. The molecule has 1 aliphatic rings. The predicted molar refractivity (Wildman–Crippen MR) is 105 cm³/mol. The quantitative estimate of drug-likeness (QED) is 0.598. The van der Waals surface area contributed by atoms with Gasteiger partial charge in [0.25, 0.3) is 0 Å². The van der Waals surface area contributed by atoms with Gasteiger partial charge in [0.15, 0.2) is 5.78 Å². The van der Waals surface area contributed by atoms with E-state index in [0.717, 1.165) is 12.0 Å². The fourth-order valence-electron chi connectivity index (χ4n) is 3.23. The molecule has 0 bridgehead atoms. The van der Waals surface area contributed by atoms with Crippen molar-refractivity contribution in [1.82, 2.24) is 0 Å². The van der Waals surface area contributed by atoms with Crippen molar-refractivity contribution in [3.05, 3.63) is 82.4 Å². The molecule has 0 amide bonds. The highest BCUT2D eigenvalue weighted by molar-refractivity contribution is 6.07. The van der Waals surface area contributed by atoms with E-state index >= 15 is 0 Å².